The van der Waals surface area contributed by atoms with E-state index in [-0.39, 0.29) is 48.9 Å². The number of aliphatic hydroxyl groups excluding tert-OH is 2. The molecule has 0 radical (unpaired) electrons. The number of hydrogen-bond acceptors (Lipinski definition) is 9. The van der Waals surface area contributed by atoms with Crippen molar-refractivity contribution in [2.45, 2.75) is 110 Å². The van der Waals surface area contributed by atoms with E-state index in [0.717, 1.165) is 51.7 Å². The Bertz CT molecular complexity index is 1310. The summed E-state index contributed by atoms with van der Waals surface area (Å²) in [6.07, 6.45) is 7.02. The molecule has 0 aliphatic carbocycles. The van der Waals surface area contributed by atoms with Crippen LogP contribution < -0.4 is 0 Å². The molecule has 1 aromatic heterocycles. The van der Waals surface area contributed by atoms with Crippen LogP contribution in [0.25, 0.3) is 6.08 Å². The van der Waals surface area contributed by atoms with E-state index < -0.39 is 24.2 Å². The average molecular weight is 672 g/mol. The van der Waals surface area contributed by atoms with Gasteiger partial charge in [0.1, 0.15) is 16.7 Å². The van der Waals surface area contributed by atoms with Crippen molar-refractivity contribution >= 4 is 35.1 Å². The Kier molecular flexibility index (Phi) is 13.4. The van der Waals surface area contributed by atoms with Crippen LogP contribution in [0.3, 0.4) is 0 Å². The van der Waals surface area contributed by atoms with Crippen LogP contribution in [0.5, 0.6) is 0 Å². The van der Waals surface area contributed by atoms with Crippen molar-refractivity contribution in [1.29, 1.82) is 0 Å². The van der Waals surface area contributed by atoms with Gasteiger partial charge in [-0.2, -0.15) is 5.06 Å². The summed E-state index contributed by atoms with van der Waals surface area (Å²) < 4.78 is 0. The van der Waals surface area contributed by atoms with Gasteiger partial charge in [-0.1, -0.05) is 40.5 Å². The largest absolute Gasteiger partial charge is 0.396 e. The third-order valence-corrected chi connectivity index (χ3v) is 9.53. The third-order valence-electron chi connectivity index (χ3n) is 8.72. The molecule has 12 heteroatoms. The van der Waals surface area contributed by atoms with Crippen molar-refractivity contribution in [3.8, 4) is 11.8 Å². The Balaban J connectivity index is 1.59. The number of aliphatic hydroxyl groups is 2. The number of carbonyl (C=O) groups is 3. The molecule has 47 heavy (non-hydrogen) atoms. The van der Waals surface area contributed by atoms with E-state index in [1.165, 1.54) is 22.5 Å². The van der Waals surface area contributed by atoms with E-state index in [0.29, 0.717) is 30.0 Å². The molecule has 11 nitrogen and oxygen atoms in total. The predicted molar refractivity (Wildman–Crippen MR) is 182 cm³/mol. The molecule has 1 aromatic rings. The molecule has 3 fully saturated rings. The fourth-order valence-electron chi connectivity index (χ4n) is 6.48. The number of unbranched alkanes of at least 4 members (excludes halogenated alkanes) is 3. The Hall–Kier alpha value is -2.82. The highest BCUT2D eigenvalue weighted by molar-refractivity contribution is 7.10. The summed E-state index contributed by atoms with van der Waals surface area (Å²) in [6.45, 7) is 13.2. The number of thiazole rings is 1. The number of hydrogen-bond donors (Lipinski definition) is 2. The monoisotopic (exact) mass is 671 g/mol. The van der Waals surface area contributed by atoms with Gasteiger partial charge >= 0.3 is 0 Å². The van der Waals surface area contributed by atoms with E-state index in [1.54, 1.807) is 11.0 Å². The van der Waals surface area contributed by atoms with Crippen LogP contribution in [0.15, 0.2) is 11.5 Å². The minimum atomic E-state index is -0.869. The van der Waals surface area contributed by atoms with Gasteiger partial charge in [-0.25, -0.2) is 4.98 Å². The lowest BCUT2D eigenvalue weighted by Crippen LogP contribution is -2.74. The number of carbonyl (C=O) groups excluding carboxylic acids is 3. The highest BCUT2D eigenvalue weighted by Gasteiger charge is 2.54. The smallest absolute Gasteiger partial charge is 0.272 e. The molecule has 0 bridgehead atoms. The number of aromatic nitrogens is 1. The minimum absolute atomic E-state index is 0.0317. The van der Waals surface area contributed by atoms with E-state index in [4.69, 9.17) is 9.94 Å². The van der Waals surface area contributed by atoms with Crippen LogP contribution in [-0.2, 0) is 19.2 Å². The van der Waals surface area contributed by atoms with Gasteiger partial charge in [-0.15, -0.1) is 11.3 Å². The van der Waals surface area contributed by atoms with Crippen molar-refractivity contribution in [2.24, 2.45) is 11.3 Å². The number of nitrogens with zero attached hydrogens (tertiary/aromatic N) is 5. The van der Waals surface area contributed by atoms with E-state index in [9.17, 15) is 19.5 Å². The maximum absolute atomic E-state index is 14.3. The van der Waals surface area contributed by atoms with Gasteiger partial charge in [-0.05, 0) is 74.8 Å². The number of rotatable bonds is 13. The molecule has 4 atom stereocenters. The topological polar surface area (TPSA) is 127 Å². The van der Waals surface area contributed by atoms with Crippen molar-refractivity contribution in [1.82, 2.24) is 24.7 Å². The number of hydroxylamine groups is 2. The minimum Gasteiger partial charge on any atom is -0.396 e. The molecular weight excluding hydrogens is 618 g/mol. The van der Waals surface area contributed by atoms with Crippen LogP contribution in [0.2, 0.25) is 0 Å². The molecule has 260 valence electrons. The normalized spacial score (nSPS) is 24.0. The summed E-state index contributed by atoms with van der Waals surface area (Å²) in [6, 6.07) is -0.740. The molecular formula is C35H53N5O6S. The maximum Gasteiger partial charge on any atom is 0.272 e. The molecule has 0 spiro atoms. The second-order valence-electron chi connectivity index (χ2n) is 14.4. The average Bonchev–Trinajstić information content (AvgIpc) is 3.67. The first-order valence-electron chi connectivity index (χ1n) is 17.1. The number of likely N-dealkylation sites (tertiary alicyclic amines) is 1. The second kappa shape index (κ2) is 17.0. The Morgan fingerprint density at radius 1 is 1.13 bits per heavy atom. The molecule has 0 saturated carbocycles. The van der Waals surface area contributed by atoms with Crippen LogP contribution in [0, 0.1) is 23.2 Å². The number of piperazine rings is 1. The molecule has 0 unspecified atom stereocenters. The summed E-state index contributed by atoms with van der Waals surface area (Å²) in [4.78, 5) is 58.9. The lowest BCUT2D eigenvalue weighted by Gasteiger charge is -2.54. The summed E-state index contributed by atoms with van der Waals surface area (Å²) in [5.41, 5.74) is 0.382. The first-order valence-corrected chi connectivity index (χ1v) is 18.0. The van der Waals surface area contributed by atoms with Crippen molar-refractivity contribution in [3.05, 3.63) is 22.2 Å². The van der Waals surface area contributed by atoms with Gasteiger partial charge in [0.2, 0.25) is 5.91 Å². The van der Waals surface area contributed by atoms with Crippen molar-refractivity contribution in [3.63, 3.8) is 0 Å². The summed E-state index contributed by atoms with van der Waals surface area (Å²) in [5.74, 6) is 5.53. The first-order chi connectivity index (χ1) is 22.4. The van der Waals surface area contributed by atoms with Crippen molar-refractivity contribution in [2.75, 3.05) is 39.4 Å². The molecule has 3 amide bonds. The van der Waals surface area contributed by atoms with E-state index in [1.807, 2.05) is 24.1 Å². The third kappa shape index (κ3) is 10.1. The molecule has 0 aromatic carbocycles. The van der Waals surface area contributed by atoms with Gasteiger partial charge in [0.15, 0.2) is 12.3 Å². The molecule has 4 heterocycles. The zero-order valence-corrected chi connectivity index (χ0v) is 29.5. The second-order valence-corrected chi connectivity index (χ2v) is 15.3. The number of amides is 3. The molecule has 4 rings (SSSR count). The standard InChI is InChI=1S/C35H53N5O6S/c1-25(2)20-29-34(45)39-28(21-35(3,4)5)33(44)38(27-15-17-37(22-27)16-9-11-19-42)23-31(39)40(46-29)32(43)14-13-30-36-26(24-47-30)12-8-6-7-10-18-41/h13-14,24-25,27-29,31,41-42H,6-7,9-11,15-23H2,1-5H3/b14-13+/t27-,28+,29-,31+/m1/s1. The quantitative estimate of drug-likeness (QED) is 0.186. The van der Waals surface area contributed by atoms with Crippen LogP contribution in [0.1, 0.15) is 96.7 Å². The summed E-state index contributed by atoms with van der Waals surface area (Å²) in [5, 5.41) is 21.9. The van der Waals surface area contributed by atoms with Crippen molar-refractivity contribution < 1.29 is 29.4 Å². The van der Waals surface area contributed by atoms with Crippen LogP contribution >= 0.6 is 11.3 Å². The van der Waals surface area contributed by atoms with Gasteiger partial charge in [0.25, 0.3) is 11.8 Å². The Labute approximate surface area is 283 Å². The lowest BCUT2D eigenvalue weighted by molar-refractivity contribution is -0.275. The lowest BCUT2D eigenvalue weighted by atomic mass is 9.85. The molecule has 2 N–H and O–H groups in total. The molecule has 3 aliphatic rings. The SMILES string of the molecule is CC(C)C[C@H]1ON(C(=O)/C=C/c2nc(C#CCCCCO)cs2)[C@H]2CN([C@@H]3CCN(CCCCO)C3)C(=O)[C@H](CC(C)(C)C)N2C1=O. The summed E-state index contributed by atoms with van der Waals surface area (Å²) in [7, 11) is 0. The van der Waals surface area contributed by atoms with Gasteiger partial charge in [0.05, 0.1) is 6.54 Å². The highest BCUT2D eigenvalue weighted by atomic mass is 32.1. The predicted octanol–water partition coefficient (Wildman–Crippen LogP) is 3.51. The Morgan fingerprint density at radius 2 is 1.87 bits per heavy atom. The fraction of sp³-hybridized carbons (Fsp3) is 0.714. The molecule has 3 saturated heterocycles. The fourth-order valence-corrected chi connectivity index (χ4v) is 7.12. The van der Waals surface area contributed by atoms with Crippen LogP contribution in [-0.4, -0.2) is 116 Å². The number of fused-ring (bicyclic) bond motifs is 1. The maximum atomic E-state index is 14.3. The Morgan fingerprint density at radius 3 is 2.57 bits per heavy atom. The first kappa shape index (κ1) is 37.0. The summed E-state index contributed by atoms with van der Waals surface area (Å²) >= 11 is 1.38. The van der Waals surface area contributed by atoms with E-state index >= 15 is 0 Å². The zero-order valence-electron chi connectivity index (χ0n) is 28.7. The zero-order chi connectivity index (χ0) is 34.1. The highest BCUT2D eigenvalue weighted by Crippen LogP contribution is 2.36. The van der Waals surface area contributed by atoms with Gasteiger partial charge < -0.3 is 24.9 Å². The molecule has 3 aliphatic heterocycles. The van der Waals surface area contributed by atoms with Gasteiger partial charge in [-0.3, -0.25) is 19.2 Å². The van der Waals surface area contributed by atoms with E-state index in [2.05, 4.69) is 42.5 Å². The van der Waals surface area contributed by atoms with Crippen LogP contribution in [0.4, 0.5) is 0 Å². The van der Waals surface area contributed by atoms with Gasteiger partial charge in [0, 0.05) is 50.2 Å².